The zero-order valence-electron chi connectivity index (χ0n) is 12.0. The number of carbonyl (C=O) groups excluding carboxylic acids is 1. The van der Waals surface area contributed by atoms with E-state index in [9.17, 15) is 4.79 Å². The van der Waals surface area contributed by atoms with Crippen LogP contribution in [-0.4, -0.2) is 17.6 Å². The highest BCUT2D eigenvalue weighted by molar-refractivity contribution is 6.35. The van der Waals surface area contributed by atoms with Gasteiger partial charge < -0.3 is 13.9 Å². The van der Waals surface area contributed by atoms with Crippen LogP contribution in [-0.2, 0) is 4.79 Å². The minimum absolute atomic E-state index is 0.283. The van der Waals surface area contributed by atoms with Crippen molar-refractivity contribution < 1.29 is 18.7 Å². The number of hydrogen-bond donors (Lipinski definition) is 0. The second kappa shape index (κ2) is 6.48. The molecule has 23 heavy (non-hydrogen) atoms. The fraction of sp³-hybridized carbons (Fsp3) is 0.125. The summed E-state index contributed by atoms with van der Waals surface area (Å²) in [6, 6.07) is 9.69. The molecule has 0 spiro atoms. The number of aryl methyl sites for hydroxylation is 1. The van der Waals surface area contributed by atoms with Crippen molar-refractivity contribution in [2.24, 2.45) is 0 Å². The molecule has 0 amide bonds. The van der Waals surface area contributed by atoms with E-state index in [0.717, 1.165) is 0 Å². The maximum absolute atomic E-state index is 11.8. The Labute approximate surface area is 141 Å². The SMILES string of the molecule is Cc1nc2ccc(OC(=O)COc3ccc(Cl)cc3Cl)cc2o1. The molecule has 0 N–H and O–H groups in total. The predicted octanol–water partition coefficient (Wildman–Crippen LogP) is 4.43. The van der Waals surface area contributed by atoms with Crippen LogP contribution in [0, 0.1) is 6.92 Å². The van der Waals surface area contributed by atoms with Crippen molar-refractivity contribution in [2.75, 3.05) is 6.61 Å². The van der Waals surface area contributed by atoms with Gasteiger partial charge in [-0.1, -0.05) is 23.2 Å². The van der Waals surface area contributed by atoms with Gasteiger partial charge in [-0.05, 0) is 30.3 Å². The van der Waals surface area contributed by atoms with Gasteiger partial charge >= 0.3 is 5.97 Å². The summed E-state index contributed by atoms with van der Waals surface area (Å²) in [6.07, 6.45) is 0. The van der Waals surface area contributed by atoms with Crippen LogP contribution in [0.15, 0.2) is 40.8 Å². The molecule has 1 aromatic heterocycles. The highest BCUT2D eigenvalue weighted by atomic mass is 35.5. The lowest BCUT2D eigenvalue weighted by atomic mass is 10.3. The number of rotatable bonds is 4. The first kappa shape index (κ1) is 15.6. The summed E-state index contributed by atoms with van der Waals surface area (Å²) in [5.74, 6) is 0.689. The highest BCUT2D eigenvalue weighted by Gasteiger charge is 2.10. The van der Waals surface area contributed by atoms with E-state index < -0.39 is 5.97 Å². The van der Waals surface area contributed by atoms with Gasteiger partial charge in [0.1, 0.15) is 17.0 Å². The molecule has 3 aromatic rings. The van der Waals surface area contributed by atoms with Crippen molar-refractivity contribution in [3.63, 3.8) is 0 Å². The Bertz CT molecular complexity index is 876. The summed E-state index contributed by atoms with van der Waals surface area (Å²) in [7, 11) is 0. The standard InChI is InChI=1S/C16H11Cl2NO4/c1-9-19-13-4-3-11(7-15(13)22-9)23-16(20)8-21-14-5-2-10(17)6-12(14)18/h2-7H,8H2,1H3. The smallest absolute Gasteiger partial charge is 0.349 e. The Hall–Kier alpha value is -2.24. The first-order valence-electron chi connectivity index (χ1n) is 6.67. The average Bonchev–Trinajstić information content (AvgIpc) is 2.85. The lowest BCUT2D eigenvalue weighted by molar-refractivity contribution is -0.136. The number of halogens is 2. The summed E-state index contributed by atoms with van der Waals surface area (Å²) in [5, 5.41) is 0.810. The van der Waals surface area contributed by atoms with Crippen LogP contribution >= 0.6 is 23.2 Å². The molecule has 0 saturated heterocycles. The monoisotopic (exact) mass is 351 g/mol. The number of ether oxygens (including phenoxy) is 2. The number of hydrogen-bond acceptors (Lipinski definition) is 5. The number of oxazole rings is 1. The third-order valence-electron chi connectivity index (χ3n) is 2.94. The first-order valence-corrected chi connectivity index (χ1v) is 7.42. The molecule has 0 unspecified atom stereocenters. The van der Waals surface area contributed by atoms with Gasteiger partial charge in [0.25, 0.3) is 0 Å². The fourth-order valence-electron chi connectivity index (χ4n) is 1.97. The van der Waals surface area contributed by atoms with Crippen LogP contribution in [0.25, 0.3) is 11.1 Å². The van der Waals surface area contributed by atoms with E-state index >= 15 is 0 Å². The fourth-order valence-corrected chi connectivity index (χ4v) is 2.44. The largest absolute Gasteiger partial charge is 0.480 e. The number of benzene rings is 2. The quantitative estimate of drug-likeness (QED) is 0.514. The average molecular weight is 352 g/mol. The molecule has 0 aliphatic carbocycles. The number of fused-ring (bicyclic) bond motifs is 1. The van der Waals surface area contributed by atoms with Gasteiger partial charge in [-0.2, -0.15) is 0 Å². The Balaban J connectivity index is 1.63. The van der Waals surface area contributed by atoms with Crippen molar-refractivity contribution in [1.82, 2.24) is 4.98 Å². The minimum Gasteiger partial charge on any atom is -0.480 e. The molecule has 0 fully saturated rings. The van der Waals surface area contributed by atoms with Gasteiger partial charge in [-0.3, -0.25) is 0 Å². The molecule has 0 atom stereocenters. The first-order chi connectivity index (χ1) is 11.0. The lowest BCUT2D eigenvalue weighted by Gasteiger charge is -2.08. The minimum atomic E-state index is -0.563. The van der Waals surface area contributed by atoms with Crippen molar-refractivity contribution in [1.29, 1.82) is 0 Å². The van der Waals surface area contributed by atoms with E-state index in [0.29, 0.717) is 38.5 Å². The van der Waals surface area contributed by atoms with E-state index in [1.54, 1.807) is 37.3 Å². The molecule has 0 bridgehead atoms. The second-order valence-corrected chi connectivity index (χ2v) is 5.54. The van der Waals surface area contributed by atoms with Gasteiger partial charge in [0.15, 0.2) is 18.1 Å². The number of nitrogens with zero attached hydrogens (tertiary/aromatic N) is 1. The molecule has 5 nitrogen and oxygen atoms in total. The maximum Gasteiger partial charge on any atom is 0.349 e. The molecule has 1 heterocycles. The van der Waals surface area contributed by atoms with E-state index in [-0.39, 0.29) is 6.61 Å². The molecule has 0 radical (unpaired) electrons. The van der Waals surface area contributed by atoms with Crippen LogP contribution in [0.2, 0.25) is 10.0 Å². The summed E-state index contributed by atoms with van der Waals surface area (Å²) in [6.45, 7) is 1.46. The summed E-state index contributed by atoms with van der Waals surface area (Å²) >= 11 is 11.8. The highest BCUT2D eigenvalue weighted by Crippen LogP contribution is 2.27. The molecule has 7 heteroatoms. The van der Waals surface area contributed by atoms with Crippen LogP contribution in [0.1, 0.15) is 5.89 Å². The Morgan fingerprint density at radius 3 is 2.83 bits per heavy atom. The summed E-state index contributed by atoms with van der Waals surface area (Å²) in [5.41, 5.74) is 1.25. The van der Waals surface area contributed by atoms with Crippen molar-refractivity contribution in [3.05, 3.63) is 52.3 Å². The summed E-state index contributed by atoms with van der Waals surface area (Å²) in [4.78, 5) is 16.0. The molecule has 0 aliphatic heterocycles. The zero-order chi connectivity index (χ0) is 16.4. The number of aromatic nitrogens is 1. The molecule has 3 rings (SSSR count). The van der Waals surface area contributed by atoms with Gasteiger partial charge in [0, 0.05) is 18.0 Å². The van der Waals surface area contributed by atoms with E-state index in [2.05, 4.69) is 4.98 Å². The Morgan fingerprint density at radius 2 is 2.04 bits per heavy atom. The van der Waals surface area contributed by atoms with E-state index in [1.165, 1.54) is 6.07 Å². The third-order valence-corrected chi connectivity index (χ3v) is 3.47. The third kappa shape index (κ3) is 3.75. The van der Waals surface area contributed by atoms with Gasteiger partial charge in [-0.15, -0.1) is 0 Å². The summed E-state index contributed by atoms with van der Waals surface area (Å²) < 4.78 is 15.9. The van der Waals surface area contributed by atoms with Crippen LogP contribution in [0.5, 0.6) is 11.5 Å². The predicted molar refractivity (Wildman–Crippen MR) is 86.3 cm³/mol. The van der Waals surface area contributed by atoms with E-state index in [1.807, 2.05) is 0 Å². The molecule has 0 saturated carbocycles. The number of esters is 1. The van der Waals surface area contributed by atoms with Crippen molar-refractivity contribution in [3.8, 4) is 11.5 Å². The Morgan fingerprint density at radius 1 is 1.22 bits per heavy atom. The van der Waals surface area contributed by atoms with Gasteiger partial charge in [-0.25, -0.2) is 9.78 Å². The second-order valence-electron chi connectivity index (χ2n) is 4.70. The number of carbonyl (C=O) groups is 1. The van der Waals surface area contributed by atoms with Crippen molar-refractivity contribution in [2.45, 2.75) is 6.92 Å². The van der Waals surface area contributed by atoms with Gasteiger partial charge in [0.2, 0.25) is 0 Å². The van der Waals surface area contributed by atoms with Crippen LogP contribution in [0.4, 0.5) is 0 Å². The molecular formula is C16H11Cl2NO4. The van der Waals surface area contributed by atoms with E-state index in [4.69, 9.17) is 37.1 Å². The normalized spacial score (nSPS) is 10.7. The maximum atomic E-state index is 11.8. The molecule has 0 aliphatic rings. The molecule has 2 aromatic carbocycles. The Kier molecular flexibility index (Phi) is 4.41. The van der Waals surface area contributed by atoms with Crippen LogP contribution in [0.3, 0.4) is 0 Å². The zero-order valence-corrected chi connectivity index (χ0v) is 13.5. The van der Waals surface area contributed by atoms with Crippen molar-refractivity contribution >= 4 is 40.3 Å². The molecule has 118 valence electrons. The van der Waals surface area contributed by atoms with Gasteiger partial charge in [0.05, 0.1) is 5.02 Å². The topological polar surface area (TPSA) is 61.6 Å². The molecular weight excluding hydrogens is 341 g/mol. The lowest BCUT2D eigenvalue weighted by Crippen LogP contribution is -2.17. The van der Waals surface area contributed by atoms with Crippen LogP contribution < -0.4 is 9.47 Å².